The molecular weight excluding hydrogens is 370 g/mol. The number of hydrogen-bond donors (Lipinski definition) is 0. The highest BCUT2D eigenvalue weighted by molar-refractivity contribution is 9.11. The highest BCUT2D eigenvalue weighted by Gasteiger charge is 2.31. The highest BCUT2D eigenvalue weighted by atomic mass is 79.9. The van der Waals surface area contributed by atoms with Gasteiger partial charge in [0.25, 0.3) is 5.91 Å². The Labute approximate surface area is 131 Å². The lowest BCUT2D eigenvalue weighted by atomic mass is 9.78. The minimum Gasteiger partial charge on any atom is -0.339 e. The molecule has 1 saturated heterocycles. The van der Waals surface area contributed by atoms with Crippen molar-refractivity contribution in [2.45, 2.75) is 33.1 Å². The van der Waals surface area contributed by atoms with E-state index in [1.54, 1.807) is 0 Å². The summed E-state index contributed by atoms with van der Waals surface area (Å²) in [5.41, 5.74) is 1.16. The first kappa shape index (κ1) is 15.0. The average molecular weight is 389 g/mol. The molecule has 1 aromatic rings. The number of benzene rings is 1. The molecule has 0 aromatic heterocycles. The maximum absolute atomic E-state index is 12.5. The number of amides is 1. The Kier molecular flexibility index (Phi) is 4.72. The SMILES string of the molecule is CCC1(C)CCN(C(=O)c2ccc(Br)cc2Br)CC1. The fourth-order valence-corrected chi connectivity index (χ4v) is 3.65. The Hall–Kier alpha value is -0.350. The fraction of sp³-hybridized carbons (Fsp3) is 0.533. The molecule has 104 valence electrons. The van der Waals surface area contributed by atoms with Crippen LogP contribution in [-0.2, 0) is 0 Å². The van der Waals surface area contributed by atoms with Crippen molar-refractivity contribution >= 4 is 37.8 Å². The lowest BCUT2D eigenvalue weighted by Gasteiger charge is -2.39. The lowest BCUT2D eigenvalue weighted by molar-refractivity contribution is 0.0599. The highest BCUT2D eigenvalue weighted by Crippen LogP contribution is 2.34. The van der Waals surface area contributed by atoms with Crippen LogP contribution in [0.4, 0.5) is 0 Å². The average Bonchev–Trinajstić information content (AvgIpc) is 2.39. The molecule has 0 aliphatic carbocycles. The molecule has 1 fully saturated rings. The van der Waals surface area contributed by atoms with Gasteiger partial charge in [-0.1, -0.05) is 36.2 Å². The van der Waals surface area contributed by atoms with Crippen molar-refractivity contribution in [3.63, 3.8) is 0 Å². The van der Waals surface area contributed by atoms with Crippen LogP contribution in [-0.4, -0.2) is 23.9 Å². The molecule has 0 unspecified atom stereocenters. The molecule has 1 heterocycles. The van der Waals surface area contributed by atoms with Crippen LogP contribution in [0, 0.1) is 5.41 Å². The molecule has 0 bridgehead atoms. The van der Waals surface area contributed by atoms with Crippen LogP contribution >= 0.6 is 31.9 Å². The van der Waals surface area contributed by atoms with Crippen LogP contribution in [0.25, 0.3) is 0 Å². The molecule has 4 heteroatoms. The predicted octanol–water partition coefficient (Wildman–Crippen LogP) is 4.86. The topological polar surface area (TPSA) is 20.3 Å². The third kappa shape index (κ3) is 3.40. The number of halogens is 2. The second-order valence-electron chi connectivity index (χ2n) is 5.58. The zero-order valence-corrected chi connectivity index (χ0v) is 14.6. The van der Waals surface area contributed by atoms with Crippen LogP contribution in [0.5, 0.6) is 0 Å². The van der Waals surface area contributed by atoms with Crippen molar-refractivity contribution in [3.05, 3.63) is 32.7 Å². The summed E-state index contributed by atoms with van der Waals surface area (Å²) in [5, 5.41) is 0. The molecule has 0 N–H and O–H groups in total. The predicted molar refractivity (Wildman–Crippen MR) is 85.4 cm³/mol. The van der Waals surface area contributed by atoms with Gasteiger partial charge in [0, 0.05) is 22.0 Å². The largest absolute Gasteiger partial charge is 0.339 e. The van der Waals surface area contributed by atoms with Gasteiger partial charge >= 0.3 is 0 Å². The van der Waals surface area contributed by atoms with Crippen LogP contribution in [0.15, 0.2) is 27.1 Å². The number of likely N-dealkylation sites (tertiary alicyclic amines) is 1. The summed E-state index contributed by atoms with van der Waals surface area (Å²) in [7, 11) is 0. The second kappa shape index (κ2) is 5.96. The molecule has 19 heavy (non-hydrogen) atoms. The molecule has 0 atom stereocenters. The third-order valence-electron chi connectivity index (χ3n) is 4.27. The monoisotopic (exact) mass is 387 g/mol. The fourth-order valence-electron chi connectivity index (χ4n) is 2.44. The van der Waals surface area contributed by atoms with Crippen molar-refractivity contribution < 1.29 is 4.79 Å². The quantitative estimate of drug-likeness (QED) is 0.708. The molecule has 1 aliphatic heterocycles. The van der Waals surface area contributed by atoms with Gasteiger partial charge in [0.05, 0.1) is 5.56 Å². The molecule has 1 aliphatic rings. The normalized spacial score (nSPS) is 18.4. The van der Waals surface area contributed by atoms with Gasteiger partial charge in [-0.3, -0.25) is 4.79 Å². The minimum atomic E-state index is 0.137. The van der Waals surface area contributed by atoms with E-state index in [9.17, 15) is 4.79 Å². The summed E-state index contributed by atoms with van der Waals surface area (Å²) in [6.07, 6.45) is 3.39. The molecule has 0 radical (unpaired) electrons. The Balaban J connectivity index is 2.09. The zero-order chi connectivity index (χ0) is 14.0. The van der Waals surface area contributed by atoms with Gasteiger partial charge in [0.1, 0.15) is 0 Å². The van der Waals surface area contributed by atoms with E-state index in [2.05, 4.69) is 45.7 Å². The maximum Gasteiger partial charge on any atom is 0.254 e. The molecule has 2 nitrogen and oxygen atoms in total. The van der Waals surface area contributed by atoms with Gasteiger partial charge in [0.2, 0.25) is 0 Å². The summed E-state index contributed by atoms with van der Waals surface area (Å²) >= 11 is 6.88. The maximum atomic E-state index is 12.5. The van der Waals surface area contributed by atoms with E-state index >= 15 is 0 Å². The van der Waals surface area contributed by atoms with E-state index in [0.717, 1.165) is 40.4 Å². The van der Waals surface area contributed by atoms with E-state index in [-0.39, 0.29) is 5.91 Å². The summed E-state index contributed by atoms with van der Waals surface area (Å²) in [5.74, 6) is 0.137. The van der Waals surface area contributed by atoms with Gasteiger partial charge in [-0.15, -0.1) is 0 Å². The Morgan fingerprint density at radius 2 is 1.95 bits per heavy atom. The molecular formula is C15H19Br2NO. The Morgan fingerprint density at radius 3 is 2.47 bits per heavy atom. The summed E-state index contributed by atoms with van der Waals surface area (Å²) in [6.45, 7) is 6.30. The second-order valence-corrected chi connectivity index (χ2v) is 7.35. The van der Waals surface area contributed by atoms with Crippen LogP contribution in [0.1, 0.15) is 43.5 Å². The van der Waals surface area contributed by atoms with Gasteiger partial charge < -0.3 is 4.90 Å². The van der Waals surface area contributed by atoms with E-state index in [1.165, 1.54) is 6.42 Å². The first-order chi connectivity index (χ1) is 8.95. The van der Waals surface area contributed by atoms with Crippen molar-refractivity contribution in [2.75, 3.05) is 13.1 Å². The first-order valence-electron chi connectivity index (χ1n) is 6.69. The Morgan fingerprint density at radius 1 is 1.32 bits per heavy atom. The molecule has 1 amide bonds. The van der Waals surface area contributed by atoms with Gasteiger partial charge in [-0.2, -0.15) is 0 Å². The summed E-state index contributed by atoms with van der Waals surface area (Å²) in [6, 6.07) is 5.72. The van der Waals surface area contributed by atoms with E-state index in [4.69, 9.17) is 0 Å². The number of carbonyl (C=O) groups is 1. The number of piperidine rings is 1. The van der Waals surface area contributed by atoms with Gasteiger partial charge in [-0.05, 0) is 52.4 Å². The van der Waals surface area contributed by atoms with Crippen LogP contribution < -0.4 is 0 Å². The van der Waals surface area contributed by atoms with Gasteiger partial charge in [-0.25, -0.2) is 0 Å². The van der Waals surface area contributed by atoms with Crippen molar-refractivity contribution in [1.29, 1.82) is 0 Å². The van der Waals surface area contributed by atoms with Crippen LogP contribution in [0.3, 0.4) is 0 Å². The minimum absolute atomic E-state index is 0.137. The van der Waals surface area contributed by atoms with Crippen LogP contribution in [0.2, 0.25) is 0 Å². The molecule has 2 rings (SSSR count). The summed E-state index contributed by atoms with van der Waals surface area (Å²) < 4.78 is 1.84. The number of carbonyl (C=O) groups excluding carboxylic acids is 1. The number of nitrogens with zero attached hydrogens (tertiary/aromatic N) is 1. The number of hydrogen-bond acceptors (Lipinski definition) is 1. The standard InChI is InChI=1S/C15H19Br2NO/c1-3-15(2)6-8-18(9-7-15)14(19)12-5-4-11(16)10-13(12)17/h4-5,10H,3,6-9H2,1-2H3. The zero-order valence-electron chi connectivity index (χ0n) is 11.4. The first-order valence-corrected chi connectivity index (χ1v) is 8.28. The van der Waals surface area contributed by atoms with E-state index in [0.29, 0.717) is 5.41 Å². The molecule has 0 saturated carbocycles. The number of rotatable bonds is 2. The van der Waals surface area contributed by atoms with E-state index < -0.39 is 0 Å². The lowest BCUT2D eigenvalue weighted by Crippen LogP contribution is -2.42. The van der Waals surface area contributed by atoms with E-state index in [1.807, 2.05) is 23.1 Å². The van der Waals surface area contributed by atoms with Crippen molar-refractivity contribution in [3.8, 4) is 0 Å². The summed E-state index contributed by atoms with van der Waals surface area (Å²) in [4.78, 5) is 14.5. The van der Waals surface area contributed by atoms with Gasteiger partial charge in [0.15, 0.2) is 0 Å². The molecule has 0 spiro atoms. The van der Waals surface area contributed by atoms with Crippen molar-refractivity contribution in [1.82, 2.24) is 4.90 Å². The molecule has 1 aromatic carbocycles. The smallest absolute Gasteiger partial charge is 0.254 e. The Bertz CT molecular complexity index is 479. The van der Waals surface area contributed by atoms with Crippen molar-refractivity contribution in [2.24, 2.45) is 5.41 Å². The third-order valence-corrected chi connectivity index (χ3v) is 5.42.